The number of Topliss-reactive ketones (excluding diaryl/α,β-unsaturated/α-hetero) is 3. The van der Waals surface area contributed by atoms with Gasteiger partial charge in [0.2, 0.25) is 0 Å². The van der Waals surface area contributed by atoms with Crippen molar-refractivity contribution >= 4 is 17.3 Å². The van der Waals surface area contributed by atoms with E-state index in [4.69, 9.17) is 5.11 Å². The van der Waals surface area contributed by atoms with Crippen LogP contribution in [0.1, 0.15) is 39.5 Å². The minimum atomic E-state index is -0.651. The first-order chi connectivity index (χ1) is 7.40. The summed E-state index contributed by atoms with van der Waals surface area (Å²) in [6, 6.07) is 0. The molecule has 1 aliphatic carbocycles. The predicted molar refractivity (Wildman–Crippen MR) is 57.8 cm³/mol. The molecule has 4 nitrogen and oxygen atoms in total. The SMILES string of the molecule is CC(O)CC(=O)CC1CC(=O)C(C)C(=O)C1. The first-order valence-corrected chi connectivity index (χ1v) is 5.65. The molecule has 1 fully saturated rings. The molecular formula is C12H18O4. The molecule has 0 bridgehead atoms. The average molecular weight is 226 g/mol. The number of aliphatic hydroxyl groups excluding tert-OH is 1. The highest BCUT2D eigenvalue weighted by atomic mass is 16.3. The second kappa shape index (κ2) is 5.34. The molecule has 0 spiro atoms. The van der Waals surface area contributed by atoms with Gasteiger partial charge in [-0.15, -0.1) is 0 Å². The van der Waals surface area contributed by atoms with Crippen molar-refractivity contribution in [3.05, 3.63) is 0 Å². The van der Waals surface area contributed by atoms with Crippen molar-refractivity contribution < 1.29 is 19.5 Å². The van der Waals surface area contributed by atoms with Crippen molar-refractivity contribution in [2.45, 2.75) is 45.6 Å². The normalized spacial score (nSPS) is 27.9. The Bertz CT molecular complexity index is 288. The van der Waals surface area contributed by atoms with Crippen LogP contribution >= 0.6 is 0 Å². The van der Waals surface area contributed by atoms with Crippen LogP contribution in [-0.4, -0.2) is 28.6 Å². The second-order valence-corrected chi connectivity index (χ2v) is 4.72. The van der Waals surface area contributed by atoms with Crippen LogP contribution in [0.4, 0.5) is 0 Å². The molecule has 0 saturated heterocycles. The predicted octanol–water partition coefficient (Wildman–Crippen LogP) is 0.901. The minimum Gasteiger partial charge on any atom is -0.393 e. The van der Waals surface area contributed by atoms with Crippen LogP contribution in [0.5, 0.6) is 0 Å². The number of hydrogen-bond donors (Lipinski definition) is 1. The van der Waals surface area contributed by atoms with Crippen molar-refractivity contribution in [3.63, 3.8) is 0 Å². The van der Waals surface area contributed by atoms with E-state index in [1.54, 1.807) is 13.8 Å². The van der Waals surface area contributed by atoms with Gasteiger partial charge in [0.25, 0.3) is 0 Å². The largest absolute Gasteiger partial charge is 0.393 e. The van der Waals surface area contributed by atoms with Crippen molar-refractivity contribution in [2.24, 2.45) is 11.8 Å². The van der Waals surface area contributed by atoms with Gasteiger partial charge in [0, 0.05) is 25.7 Å². The molecule has 0 heterocycles. The van der Waals surface area contributed by atoms with Gasteiger partial charge in [-0.05, 0) is 19.8 Å². The molecule has 16 heavy (non-hydrogen) atoms. The van der Waals surface area contributed by atoms with E-state index in [9.17, 15) is 14.4 Å². The van der Waals surface area contributed by atoms with Gasteiger partial charge in [-0.2, -0.15) is 0 Å². The number of rotatable bonds is 4. The highest BCUT2D eigenvalue weighted by Gasteiger charge is 2.32. The molecule has 1 unspecified atom stereocenters. The second-order valence-electron chi connectivity index (χ2n) is 4.72. The van der Waals surface area contributed by atoms with Gasteiger partial charge < -0.3 is 5.11 Å². The lowest BCUT2D eigenvalue weighted by molar-refractivity contribution is -0.137. The quantitative estimate of drug-likeness (QED) is 0.723. The third-order valence-corrected chi connectivity index (χ3v) is 2.99. The van der Waals surface area contributed by atoms with E-state index in [0.717, 1.165) is 0 Å². The van der Waals surface area contributed by atoms with E-state index in [2.05, 4.69) is 0 Å². The number of carbonyl (C=O) groups excluding carboxylic acids is 3. The van der Waals surface area contributed by atoms with Gasteiger partial charge in [0.1, 0.15) is 17.3 Å². The summed E-state index contributed by atoms with van der Waals surface area (Å²) < 4.78 is 0. The Labute approximate surface area is 95.0 Å². The molecule has 1 atom stereocenters. The highest BCUT2D eigenvalue weighted by Crippen LogP contribution is 2.26. The van der Waals surface area contributed by atoms with Gasteiger partial charge in [0.05, 0.1) is 12.0 Å². The fourth-order valence-electron chi connectivity index (χ4n) is 2.05. The van der Waals surface area contributed by atoms with Crippen LogP contribution in [0.3, 0.4) is 0 Å². The van der Waals surface area contributed by atoms with Gasteiger partial charge in [-0.3, -0.25) is 14.4 Å². The van der Waals surface area contributed by atoms with Gasteiger partial charge in [-0.1, -0.05) is 0 Å². The Morgan fingerprint density at radius 3 is 2.31 bits per heavy atom. The summed E-state index contributed by atoms with van der Waals surface area (Å²) in [5.74, 6) is -0.849. The third kappa shape index (κ3) is 3.52. The lowest BCUT2D eigenvalue weighted by atomic mass is 9.78. The van der Waals surface area contributed by atoms with Gasteiger partial charge in [0.15, 0.2) is 0 Å². The molecule has 1 N–H and O–H groups in total. The lowest BCUT2D eigenvalue weighted by Gasteiger charge is -2.23. The summed E-state index contributed by atoms with van der Waals surface area (Å²) in [5.41, 5.74) is 0. The summed E-state index contributed by atoms with van der Waals surface area (Å²) in [5, 5.41) is 9.04. The number of aliphatic hydroxyl groups is 1. The lowest BCUT2D eigenvalue weighted by Crippen LogP contribution is -2.32. The minimum absolute atomic E-state index is 0.0638. The maximum atomic E-state index is 11.4. The van der Waals surface area contributed by atoms with Crippen LogP contribution in [0.2, 0.25) is 0 Å². The molecule has 0 aromatic carbocycles. The number of carbonyl (C=O) groups is 3. The van der Waals surface area contributed by atoms with Crippen LogP contribution in [-0.2, 0) is 14.4 Å². The zero-order chi connectivity index (χ0) is 12.3. The number of hydrogen-bond acceptors (Lipinski definition) is 4. The maximum Gasteiger partial charge on any atom is 0.143 e. The molecule has 1 rings (SSSR count). The summed E-state index contributed by atoms with van der Waals surface area (Å²) in [7, 11) is 0. The zero-order valence-electron chi connectivity index (χ0n) is 9.73. The van der Waals surface area contributed by atoms with E-state index in [-0.39, 0.29) is 36.1 Å². The topological polar surface area (TPSA) is 71.4 Å². The smallest absolute Gasteiger partial charge is 0.143 e. The maximum absolute atomic E-state index is 11.4. The van der Waals surface area contributed by atoms with Crippen LogP contribution in [0.15, 0.2) is 0 Å². The Balaban J connectivity index is 2.47. The fourth-order valence-corrected chi connectivity index (χ4v) is 2.05. The molecule has 4 heteroatoms. The van der Waals surface area contributed by atoms with E-state index in [0.29, 0.717) is 12.8 Å². The summed E-state index contributed by atoms with van der Waals surface area (Å²) in [6.45, 7) is 3.18. The monoisotopic (exact) mass is 226 g/mol. The Morgan fingerprint density at radius 1 is 1.38 bits per heavy atom. The van der Waals surface area contributed by atoms with Crippen molar-refractivity contribution in [1.29, 1.82) is 0 Å². The first kappa shape index (κ1) is 13.0. The highest BCUT2D eigenvalue weighted by molar-refractivity contribution is 6.04. The summed E-state index contributed by atoms with van der Waals surface area (Å²) >= 11 is 0. The molecule has 1 saturated carbocycles. The molecule has 0 amide bonds. The van der Waals surface area contributed by atoms with Crippen LogP contribution in [0, 0.1) is 11.8 Å². The summed E-state index contributed by atoms with van der Waals surface area (Å²) in [6.07, 6.45) is 0.321. The van der Waals surface area contributed by atoms with E-state index >= 15 is 0 Å². The van der Waals surface area contributed by atoms with E-state index < -0.39 is 12.0 Å². The third-order valence-electron chi connectivity index (χ3n) is 2.99. The van der Waals surface area contributed by atoms with Gasteiger partial charge >= 0.3 is 0 Å². The molecule has 90 valence electrons. The van der Waals surface area contributed by atoms with Crippen molar-refractivity contribution in [1.82, 2.24) is 0 Å². The standard InChI is InChI=1S/C12H18O4/c1-7(13)3-10(14)4-9-5-11(15)8(2)12(16)6-9/h7-9,13H,3-6H2,1-2H3. The molecule has 0 aliphatic heterocycles. The zero-order valence-corrected chi connectivity index (χ0v) is 9.73. The average Bonchev–Trinajstić information content (AvgIpc) is 2.12. The first-order valence-electron chi connectivity index (χ1n) is 5.65. The Hall–Kier alpha value is -1.03. The molecular weight excluding hydrogens is 208 g/mol. The molecule has 1 aliphatic rings. The van der Waals surface area contributed by atoms with Crippen LogP contribution in [0.25, 0.3) is 0 Å². The summed E-state index contributed by atoms with van der Waals surface area (Å²) in [4.78, 5) is 34.3. The van der Waals surface area contributed by atoms with E-state index in [1.165, 1.54) is 0 Å². The molecule has 0 radical (unpaired) electrons. The molecule has 0 aromatic heterocycles. The van der Waals surface area contributed by atoms with Gasteiger partial charge in [-0.25, -0.2) is 0 Å². The van der Waals surface area contributed by atoms with Crippen molar-refractivity contribution in [2.75, 3.05) is 0 Å². The Morgan fingerprint density at radius 2 is 1.88 bits per heavy atom. The van der Waals surface area contributed by atoms with E-state index in [1.807, 2.05) is 0 Å². The van der Waals surface area contributed by atoms with Crippen LogP contribution < -0.4 is 0 Å². The van der Waals surface area contributed by atoms with Crippen molar-refractivity contribution in [3.8, 4) is 0 Å². The number of ketones is 3. The molecule has 0 aromatic rings. The fraction of sp³-hybridized carbons (Fsp3) is 0.750. The Kier molecular flexibility index (Phi) is 4.35.